The van der Waals surface area contributed by atoms with Crippen molar-refractivity contribution in [1.82, 2.24) is 19.4 Å². The Hall–Kier alpha value is -2.05. The molecule has 1 aliphatic heterocycles. The fourth-order valence-electron chi connectivity index (χ4n) is 2.65. The Kier molecular flexibility index (Phi) is 6.24. The largest absolute Gasteiger partial charge is 0.465 e. The number of hydrogen-bond donors (Lipinski definition) is 1. The van der Waals surface area contributed by atoms with Crippen LogP contribution in [0, 0.1) is 0 Å². The second-order valence-electron chi connectivity index (χ2n) is 5.62. The summed E-state index contributed by atoms with van der Waals surface area (Å²) in [6.45, 7) is 2.86. The van der Waals surface area contributed by atoms with Crippen molar-refractivity contribution >= 4 is 12.0 Å². The Labute approximate surface area is 130 Å². The summed E-state index contributed by atoms with van der Waals surface area (Å²) in [4.78, 5) is 30.0. The first-order valence-electron chi connectivity index (χ1n) is 7.88. The monoisotopic (exact) mass is 308 g/mol. The number of carbonyl (C=O) groups excluding carboxylic acids is 1. The summed E-state index contributed by atoms with van der Waals surface area (Å²) in [6.07, 6.45) is 9.39. The molecule has 2 heterocycles. The van der Waals surface area contributed by atoms with E-state index in [-0.39, 0.29) is 5.91 Å². The predicted molar refractivity (Wildman–Crippen MR) is 81.5 cm³/mol. The molecule has 2 rings (SSSR count). The summed E-state index contributed by atoms with van der Waals surface area (Å²) >= 11 is 0. The number of rotatable bonds is 7. The van der Waals surface area contributed by atoms with Gasteiger partial charge in [-0.25, -0.2) is 9.78 Å². The van der Waals surface area contributed by atoms with Crippen molar-refractivity contribution in [2.24, 2.45) is 0 Å². The molecule has 122 valence electrons. The number of aryl methyl sites for hydroxylation is 1. The van der Waals surface area contributed by atoms with E-state index in [1.165, 1.54) is 4.90 Å². The van der Waals surface area contributed by atoms with E-state index in [1.54, 1.807) is 11.1 Å². The highest BCUT2D eigenvalue weighted by Gasteiger charge is 2.22. The molecular weight excluding hydrogens is 284 g/mol. The van der Waals surface area contributed by atoms with Crippen LogP contribution in [0.4, 0.5) is 4.79 Å². The van der Waals surface area contributed by atoms with Gasteiger partial charge in [0.05, 0.1) is 6.33 Å². The van der Waals surface area contributed by atoms with Gasteiger partial charge in [0, 0.05) is 51.5 Å². The summed E-state index contributed by atoms with van der Waals surface area (Å²) in [7, 11) is 0. The van der Waals surface area contributed by atoms with Crippen LogP contribution in [0.3, 0.4) is 0 Å². The van der Waals surface area contributed by atoms with Gasteiger partial charge in [0.15, 0.2) is 0 Å². The minimum Gasteiger partial charge on any atom is -0.465 e. The summed E-state index contributed by atoms with van der Waals surface area (Å²) in [6, 6.07) is 0. The molecule has 22 heavy (non-hydrogen) atoms. The number of nitrogens with zero attached hydrogens (tertiary/aromatic N) is 4. The Balaban J connectivity index is 1.52. The topological polar surface area (TPSA) is 78.7 Å². The van der Waals surface area contributed by atoms with Gasteiger partial charge in [-0.3, -0.25) is 4.79 Å². The Bertz CT molecular complexity index is 467. The zero-order valence-electron chi connectivity index (χ0n) is 12.9. The number of hydrogen-bond acceptors (Lipinski definition) is 3. The number of aromatic nitrogens is 2. The summed E-state index contributed by atoms with van der Waals surface area (Å²) in [5, 5.41) is 8.87. The first-order valence-corrected chi connectivity index (χ1v) is 7.88. The van der Waals surface area contributed by atoms with Gasteiger partial charge in [0.25, 0.3) is 0 Å². The molecule has 0 spiro atoms. The number of imidazole rings is 1. The molecular formula is C15H24N4O3. The maximum absolute atomic E-state index is 12.0. The number of unbranched alkanes of at least 4 members (excludes halogenated alkanes) is 3. The molecule has 0 atom stereocenters. The van der Waals surface area contributed by atoms with Gasteiger partial charge in [-0.15, -0.1) is 0 Å². The van der Waals surface area contributed by atoms with Crippen molar-refractivity contribution in [3.63, 3.8) is 0 Å². The van der Waals surface area contributed by atoms with E-state index in [2.05, 4.69) is 9.55 Å². The average molecular weight is 308 g/mol. The highest BCUT2D eigenvalue weighted by atomic mass is 16.4. The van der Waals surface area contributed by atoms with Crippen LogP contribution in [0.5, 0.6) is 0 Å². The van der Waals surface area contributed by atoms with Crippen LogP contribution >= 0.6 is 0 Å². The van der Waals surface area contributed by atoms with E-state index < -0.39 is 6.09 Å². The third kappa shape index (κ3) is 5.05. The van der Waals surface area contributed by atoms with Gasteiger partial charge in [-0.2, -0.15) is 0 Å². The van der Waals surface area contributed by atoms with Gasteiger partial charge in [-0.1, -0.05) is 12.8 Å². The van der Waals surface area contributed by atoms with Crippen molar-refractivity contribution in [1.29, 1.82) is 0 Å². The minimum absolute atomic E-state index is 0.152. The third-order valence-electron chi connectivity index (χ3n) is 4.02. The number of carbonyl (C=O) groups is 2. The lowest BCUT2D eigenvalue weighted by molar-refractivity contribution is -0.132. The van der Waals surface area contributed by atoms with Crippen LogP contribution in [0.1, 0.15) is 32.1 Å². The van der Waals surface area contributed by atoms with Crippen LogP contribution in [-0.4, -0.2) is 62.6 Å². The lowest BCUT2D eigenvalue weighted by Gasteiger charge is -2.33. The smallest absolute Gasteiger partial charge is 0.407 e. The normalized spacial score (nSPS) is 15.1. The van der Waals surface area contributed by atoms with Crippen molar-refractivity contribution in [3.8, 4) is 0 Å². The Morgan fingerprint density at radius 2 is 1.68 bits per heavy atom. The lowest BCUT2D eigenvalue weighted by atomic mass is 10.1. The summed E-state index contributed by atoms with van der Waals surface area (Å²) in [5.41, 5.74) is 0. The molecule has 0 aromatic carbocycles. The van der Waals surface area contributed by atoms with Crippen molar-refractivity contribution in [2.45, 2.75) is 38.6 Å². The van der Waals surface area contributed by atoms with E-state index in [0.29, 0.717) is 32.6 Å². The van der Waals surface area contributed by atoms with Crippen LogP contribution in [0.15, 0.2) is 18.7 Å². The number of amides is 2. The van der Waals surface area contributed by atoms with Gasteiger partial charge in [0.2, 0.25) is 5.91 Å². The zero-order chi connectivity index (χ0) is 15.8. The quantitative estimate of drug-likeness (QED) is 0.777. The zero-order valence-corrected chi connectivity index (χ0v) is 12.9. The first kappa shape index (κ1) is 16.3. The Morgan fingerprint density at radius 3 is 2.32 bits per heavy atom. The SMILES string of the molecule is O=C(O)N1CCN(C(=O)CCCCCCn2ccnc2)CC1. The second-order valence-corrected chi connectivity index (χ2v) is 5.62. The summed E-state index contributed by atoms with van der Waals surface area (Å²) in [5.74, 6) is 0.152. The average Bonchev–Trinajstić information content (AvgIpc) is 3.04. The van der Waals surface area contributed by atoms with Crippen molar-refractivity contribution in [3.05, 3.63) is 18.7 Å². The molecule has 1 aromatic rings. The van der Waals surface area contributed by atoms with Gasteiger partial charge in [-0.05, 0) is 12.8 Å². The van der Waals surface area contributed by atoms with Gasteiger partial charge in [0.1, 0.15) is 0 Å². The van der Waals surface area contributed by atoms with E-state index in [4.69, 9.17) is 5.11 Å². The van der Waals surface area contributed by atoms with Crippen LogP contribution in [0.25, 0.3) is 0 Å². The fourth-order valence-corrected chi connectivity index (χ4v) is 2.65. The molecule has 1 saturated heterocycles. The lowest BCUT2D eigenvalue weighted by Crippen LogP contribution is -2.50. The van der Waals surface area contributed by atoms with Crippen LogP contribution in [-0.2, 0) is 11.3 Å². The van der Waals surface area contributed by atoms with Crippen molar-refractivity contribution < 1.29 is 14.7 Å². The first-order chi connectivity index (χ1) is 10.7. The maximum atomic E-state index is 12.0. The molecule has 1 N–H and O–H groups in total. The Morgan fingerprint density at radius 1 is 1.00 bits per heavy atom. The minimum atomic E-state index is -0.898. The van der Waals surface area contributed by atoms with Crippen LogP contribution in [0.2, 0.25) is 0 Å². The molecule has 0 unspecified atom stereocenters. The molecule has 1 aliphatic rings. The highest BCUT2D eigenvalue weighted by molar-refractivity contribution is 5.76. The van der Waals surface area contributed by atoms with E-state index in [1.807, 2.05) is 12.5 Å². The molecule has 2 amide bonds. The predicted octanol–water partition coefficient (Wildman–Crippen LogP) is 1.66. The number of piperazine rings is 1. The molecule has 1 aromatic heterocycles. The van der Waals surface area contributed by atoms with E-state index >= 15 is 0 Å². The molecule has 0 radical (unpaired) electrons. The molecule has 0 saturated carbocycles. The second kappa shape index (κ2) is 8.41. The fraction of sp³-hybridized carbons (Fsp3) is 0.667. The molecule has 1 fully saturated rings. The standard InChI is InChI=1S/C15H24N4O3/c20-14(18-9-11-19(12-10-18)15(21)22)5-3-1-2-4-7-17-8-6-16-13-17/h6,8,13H,1-5,7,9-12H2,(H,21,22). The maximum Gasteiger partial charge on any atom is 0.407 e. The number of carboxylic acid groups (broad SMARTS) is 1. The summed E-state index contributed by atoms with van der Waals surface area (Å²) < 4.78 is 2.06. The van der Waals surface area contributed by atoms with E-state index in [9.17, 15) is 9.59 Å². The molecule has 7 heteroatoms. The van der Waals surface area contributed by atoms with Crippen molar-refractivity contribution in [2.75, 3.05) is 26.2 Å². The molecule has 7 nitrogen and oxygen atoms in total. The third-order valence-corrected chi connectivity index (χ3v) is 4.02. The highest BCUT2D eigenvalue weighted by Crippen LogP contribution is 2.09. The van der Waals surface area contributed by atoms with E-state index in [0.717, 1.165) is 32.2 Å². The van der Waals surface area contributed by atoms with Gasteiger partial charge >= 0.3 is 6.09 Å². The van der Waals surface area contributed by atoms with Gasteiger partial charge < -0.3 is 19.5 Å². The van der Waals surface area contributed by atoms with Crippen LogP contribution < -0.4 is 0 Å². The molecule has 0 bridgehead atoms. The molecule has 0 aliphatic carbocycles.